The number of halogens is 1. The third kappa shape index (κ3) is 3.82. The molecule has 1 aromatic heterocycles. The Hall–Kier alpha value is -1.42. The molecule has 0 aliphatic heterocycles. The Morgan fingerprint density at radius 2 is 1.90 bits per heavy atom. The summed E-state index contributed by atoms with van der Waals surface area (Å²) in [5.41, 5.74) is 2.38. The van der Waals surface area contributed by atoms with Crippen LogP contribution < -0.4 is 5.32 Å². The fourth-order valence-electron chi connectivity index (χ4n) is 2.30. The van der Waals surface area contributed by atoms with Crippen LogP contribution in [0.2, 0.25) is 5.02 Å². The van der Waals surface area contributed by atoms with Gasteiger partial charge in [-0.15, -0.1) is 11.3 Å². The molecule has 2 nitrogen and oxygen atoms in total. The van der Waals surface area contributed by atoms with E-state index in [1.165, 1.54) is 10.3 Å². The number of fused-ring (bicyclic) bond motifs is 1. The van der Waals surface area contributed by atoms with Crippen molar-refractivity contribution in [1.29, 1.82) is 0 Å². The molecule has 21 heavy (non-hydrogen) atoms. The van der Waals surface area contributed by atoms with E-state index in [9.17, 15) is 0 Å². The van der Waals surface area contributed by atoms with Gasteiger partial charge in [0.1, 0.15) is 5.01 Å². The molecule has 3 rings (SSSR count). The third-order valence-corrected chi connectivity index (χ3v) is 4.68. The molecule has 0 fully saturated rings. The van der Waals surface area contributed by atoms with Crippen LogP contribution in [0, 0.1) is 0 Å². The highest BCUT2D eigenvalue weighted by Gasteiger charge is 2.06. The fourth-order valence-corrected chi connectivity index (χ4v) is 3.35. The molecule has 0 bridgehead atoms. The number of rotatable bonds is 5. The summed E-state index contributed by atoms with van der Waals surface area (Å²) in [5, 5.41) is 5.46. The zero-order chi connectivity index (χ0) is 14.7. The largest absolute Gasteiger partial charge is 0.308 e. The van der Waals surface area contributed by atoms with Crippen LogP contribution in [0.25, 0.3) is 10.2 Å². The maximum Gasteiger partial charge on any atom is 0.108 e. The molecule has 108 valence electrons. The van der Waals surface area contributed by atoms with E-state index in [-0.39, 0.29) is 0 Å². The first kappa shape index (κ1) is 14.5. The van der Waals surface area contributed by atoms with E-state index < -0.39 is 0 Å². The SMILES string of the molecule is CC(Cc1ccc(Cl)cc1)NCc1nc2ccccc2s1. The van der Waals surface area contributed by atoms with Crippen LogP contribution in [-0.2, 0) is 13.0 Å². The number of aromatic nitrogens is 1. The lowest BCUT2D eigenvalue weighted by molar-refractivity contribution is 0.545. The molecule has 1 unspecified atom stereocenters. The van der Waals surface area contributed by atoms with Gasteiger partial charge in [0, 0.05) is 17.6 Å². The van der Waals surface area contributed by atoms with Gasteiger partial charge in [-0.2, -0.15) is 0 Å². The first-order valence-corrected chi connectivity index (χ1v) is 8.22. The molecule has 3 aromatic rings. The van der Waals surface area contributed by atoms with E-state index in [0.29, 0.717) is 6.04 Å². The van der Waals surface area contributed by atoms with Gasteiger partial charge in [-0.25, -0.2) is 4.98 Å². The Morgan fingerprint density at radius 1 is 1.14 bits per heavy atom. The topological polar surface area (TPSA) is 24.9 Å². The summed E-state index contributed by atoms with van der Waals surface area (Å²) in [6, 6.07) is 16.7. The Bertz CT molecular complexity index is 688. The highest BCUT2D eigenvalue weighted by Crippen LogP contribution is 2.21. The van der Waals surface area contributed by atoms with Crippen LogP contribution in [0.15, 0.2) is 48.5 Å². The number of para-hydroxylation sites is 1. The molecule has 0 saturated carbocycles. The van der Waals surface area contributed by atoms with E-state index in [0.717, 1.165) is 28.5 Å². The van der Waals surface area contributed by atoms with E-state index in [4.69, 9.17) is 11.6 Å². The van der Waals surface area contributed by atoms with Crippen LogP contribution in [0.4, 0.5) is 0 Å². The second-order valence-electron chi connectivity index (χ2n) is 5.19. The van der Waals surface area contributed by atoms with Gasteiger partial charge in [-0.05, 0) is 43.2 Å². The average molecular weight is 317 g/mol. The van der Waals surface area contributed by atoms with Crippen LogP contribution in [0.1, 0.15) is 17.5 Å². The second kappa shape index (κ2) is 6.56. The smallest absolute Gasteiger partial charge is 0.108 e. The number of hydrogen-bond acceptors (Lipinski definition) is 3. The lowest BCUT2D eigenvalue weighted by Gasteiger charge is -2.12. The van der Waals surface area contributed by atoms with E-state index in [1.54, 1.807) is 11.3 Å². The Kier molecular flexibility index (Phi) is 4.54. The first-order chi connectivity index (χ1) is 10.2. The van der Waals surface area contributed by atoms with Crippen LogP contribution in [-0.4, -0.2) is 11.0 Å². The van der Waals surface area contributed by atoms with Crippen molar-refractivity contribution in [2.45, 2.75) is 25.9 Å². The quantitative estimate of drug-likeness (QED) is 0.740. The zero-order valence-corrected chi connectivity index (χ0v) is 13.4. The summed E-state index contributed by atoms with van der Waals surface area (Å²) >= 11 is 7.66. The van der Waals surface area contributed by atoms with E-state index in [1.807, 2.05) is 18.2 Å². The predicted octanol–water partition coefficient (Wildman–Crippen LogP) is 4.67. The molecular weight excluding hydrogens is 300 g/mol. The van der Waals surface area contributed by atoms with Gasteiger partial charge in [0.05, 0.1) is 10.2 Å². The van der Waals surface area contributed by atoms with Crippen molar-refractivity contribution in [2.75, 3.05) is 0 Å². The van der Waals surface area contributed by atoms with E-state index >= 15 is 0 Å². The average Bonchev–Trinajstić information content (AvgIpc) is 2.90. The maximum atomic E-state index is 5.91. The van der Waals surface area contributed by atoms with Gasteiger partial charge in [0.2, 0.25) is 0 Å². The van der Waals surface area contributed by atoms with Crippen LogP contribution in [0.5, 0.6) is 0 Å². The standard InChI is InChI=1S/C17H17ClN2S/c1-12(10-13-6-8-14(18)9-7-13)19-11-17-20-15-4-2-3-5-16(15)21-17/h2-9,12,19H,10-11H2,1H3. The number of thiazole rings is 1. The van der Waals surface area contributed by atoms with Gasteiger partial charge >= 0.3 is 0 Å². The zero-order valence-electron chi connectivity index (χ0n) is 11.8. The highest BCUT2D eigenvalue weighted by atomic mass is 35.5. The van der Waals surface area contributed by atoms with Crippen molar-refractivity contribution >= 4 is 33.2 Å². The molecular formula is C17H17ClN2S. The predicted molar refractivity (Wildman–Crippen MR) is 91.1 cm³/mol. The third-order valence-electron chi connectivity index (χ3n) is 3.40. The minimum Gasteiger partial charge on any atom is -0.308 e. The molecule has 2 aromatic carbocycles. The molecule has 1 atom stereocenters. The first-order valence-electron chi connectivity index (χ1n) is 7.03. The number of nitrogens with one attached hydrogen (secondary N) is 1. The monoisotopic (exact) mass is 316 g/mol. The lowest BCUT2D eigenvalue weighted by atomic mass is 10.1. The summed E-state index contributed by atoms with van der Waals surface area (Å²) < 4.78 is 1.25. The van der Waals surface area contributed by atoms with Crippen molar-refractivity contribution in [3.63, 3.8) is 0 Å². The van der Waals surface area contributed by atoms with Crippen molar-refractivity contribution < 1.29 is 0 Å². The molecule has 4 heteroatoms. The normalized spacial score (nSPS) is 12.7. The fraction of sp³-hybridized carbons (Fsp3) is 0.235. The van der Waals surface area contributed by atoms with Crippen molar-refractivity contribution in [2.24, 2.45) is 0 Å². The molecule has 0 aliphatic rings. The number of nitrogens with zero attached hydrogens (tertiary/aromatic N) is 1. The highest BCUT2D eigenvalue weighted by molar-refractivity contribution is 7.18. The van der Waals surface area contributed by atoms with Gasteiger partial charge in [0.15, 0.2) is 0 Å². The van der Waals surface area contributed by atoms with Crippen LogP contribution >= 0.6 is 22.9 Å². The summed E-state index contributed by atoms with van der Waals surface area (Å²) in [7, 11) is 0. The summed E-state index contributed by atoms with van der Waals surface area (Å²) in [6.45, 7) is 3.01. The minimum absolute atomic E-state index is 0.401. The van der Waals surface area contributed by atoms with Gasteiger partial charge in [0.25, 0.3) is 0 Å². The molecule has 0 aliphatic carbocycles. The lowest BCUT2D eigenvalue weighted by Crippen LogP contribution is -2.27. The summed E-state index contributed by atoms with van der Waals surface area (Å²) in [6.07, 6.45) is 0.988. The van der Waals surface area contributed by atoms with E-state index in [2.05, 4.69) is 47.6 Å². The Balaban J connectivity index is 1.57. The van der Waals surface area contributed by atoms with Crippen molar-refractivity contribution in [1.82, 2.24) is 10.3 Å². The van der Waals surface area contributed by atoms with Gasteiger partial charge < -0.3 is 5.32 Å². The summed E-state index contributed by atoms with van der Waals surface area (Å²) in [4.78, 5) is 4.64. The molecule has 1 heterocycles. The molecule has 0 amide bonds. The Morgan fingerprint density at radius 3 is 2.67 bits per heavy atom. The van der Waals surface area contributed by atoms with Gasteiger partial charge in [-0.1, -0.05) is 35.9 Å². The Labute approximate surface area is 133 Å². The molecule has 0 radical (unpaired) electrons. The van der Waals surface area contributed by atoms with Crippen molar-refractivity contribution in [3.8, 4) is 0 Å². The maximum absolute atomic E-state index is 5.91. The number of benzene rings is 2. The molecule has 0 spiro atoms. The van der Waals surface area contributed by atoms with Gasteiger partial charge in [-0.3, -0.25) is 0 Å². The van der Waals surface area contributed by atoms with Crippen molar-refractivity contribution in [3.05, 3.63) is 64.1 Å². The second-order valence-corrected chi connectivity index (χ2v) is 6.74. The molecule has 0 saturated heterocycles. The van der Waals surface area contributed by atoms with Crippen LogP contribution in [0.3, 0.4) is 0 Å². The molecule has 1 N–H and O–H groups in total. The summed E-state index contributed by atoms with van der Waals surface area (Å²) in [5.74, 6) is 0. The minimum atomic E-state index is 0.401. The number of hydrogen-bond donors (Lipinski definition) is 1.